The summed E-state index contributed by atoms with van der Waals surface area (Å²) in [7, 11) is 1.63. The number of ether oxygens (including phenoxy) is 1. The van der Waals surface area contributed by atoms with Gasteiger partial charge in [-0.1, -0.05) is 17.7 Å². The van der Waals surface area contributed by atoms with E-state index in [0.717, 1.165) is 22.6 Å². The van der Waals surface area contributed by atoms with Crippen molar-refractivity contribution < 1.29 is 4.74 Å². The molecule has 0 atom stereocenters. The van der Waals surface area contributed by atoms with Gasteiger partial charge in [-0.05, 0) is 30.4 Å². The maximum absolute atomic E-state index is 5.93. The van der Waals surface area contributed by atoms with Gasteiger partial charge in [0, 0.05) is 12.3 Å². The van der Waals surface area contributed by atoms with E-state index in [-0.39, 0.29) is 0 Å². The Labute approximate surface area is 119 Å². The molecular weight excluding hydrogens is 282 g/mol. The van der Waals surface area contributed by atoms with E-state index < -0.39 is 0 Å². The van der Waals surface area contributed by atoms with Crippen LogP contribution in [0.2, 0.25) is 5.02 Å². The van der Waals surface area contributed by atoms with Gasteiger partial charge in [-0.25, -0.2) is 4.98 Å². The number of imidazole rings is 1. The lowest BCUT2D eigenvalue weighted by molar-refractivity contribution is 0.414. The van der Waals surface area contributed by atoms with Crippen LogP contribution in [0.3, 0.4) is 0 Å². The third kappa shape index (κ3) is 2.11. The Morgan fingerprint density at radius 3 is 3.00 bits per heavy atom. The van der Waals surface area contributed by atoms with Crippen LogP contribution in [0.4, 0.5) is 0 Å². The first kappa shape index (κ1) is 12.2. The highest BCUT2D eigenvalue weighted by molar-refractivity contribution is 7.71. The summed E-state index contributed by atoms with van der Waals surface area (Å²) in [6.45, 7) is 0. The van der Waals surface area contributed by atoms with E-state index in [1.807, 2.05) is 28.8 Å². The molecule has 1 N–H and O–H groups in total. The van der Waals surface area contributed by atoms with E-state index in [1.54, 1.807) is 19.4 Å². The van der Waals surface area contributed by atoms with Gasteiger partial charge in [0.1, 0.15) is 5.75 Å². The average Bonchev–Trinajstić information content (AvgIpc) is 2.73. The Morgan fingerprint density at radius 2 is 2.21 bits per heavy atom. The zero-order valence-electron chi connectivity index (χ0n) is 10.1. The van der Waals surface area contributed by atoms with Crippen LogP contribution in [-0.4, -0.2) is 21.6 Å². The van der Waals surface area contributed by atoms with Crippen LogP contribution in [0.1, 0.15) is 0 Å². The summed E-state index contributed by atoms with van der Waals surface area (Å²) in [5.41, 5.74) is 2.44. The summed E-state index contributed by atoms with van der Waals surface area (Å²) in [5.74, 6) is 0.766. The molecule has 2 aromatic heterocycles. The molecule has 3 aromatic rings. The van der Waals surface area contributed by atoms with Crippen molar-refractivity contribution >= 4 is 35.0 Å². The molecule has 0 fully saturated rings. The van der Waals surface area contributed by atoms with Gasteiger partial charge < -0.3 is 9.72 Å². The van der Waals surface area contributed by atoms with Crippen LogP contribution in [0.25, 0.3) is 16.9 Å². The molecule has 6 heteroatoms. The minimum absolute atomic E-state index is 0.568. The normalized spacial score (nSPS) is 10.8. The first-order chi connectivity index (χ1) is 9.19. The van der Waals surface area contributed by atoms with Crippen molar-refractivity contribution in [2.75, 3.05) is 7.11 Å². The third-order valence-corrected chi connectivity index (χ3v) is 3.29. The smallest absolute Gasteiger partial charge is 0.184 e. The van der Waals surface area contributed by atoms with Gasteiger partial charge in [0.25, 0.3) is 0 Å². The molecule has 96 valence electrons. The van der Waals surface area contributed by atoms with Crippen molar-refractivity contribution in [2.24, 2.45) is 0 Å². The Kier molecular flexibility index (Phi) is 3.00. The zero-order chi connectivity index (χ0) is 13.4. The fourth-order valence-electron chi connectivity index (χ4n) is 1.96. The number of nitrogens with one attached hydrogen (secondary N) is 1. The van der Waals surface area contributed by atoms with Crippen LogP contribution >= 0.6 is 23.8 Å². The minimum Gasteiger partial charge on any atom is -0.497 e. The Bertz CT molecular complexity index is 809. The third-order valence-electron chi connectivity index (χ3n) is 2.80. The molecule has 0 aliphatic rings. The Hall–Kier alpha value is -1.85. The fourth-order valence-corrected chi connectivity index (χ4v) is 2.42. The fraction of sp³-hybridized carbons (Fsp3) is 0.0769. The average molecular weight is 292 g/mol. The van der Waals surface area contributed by atoms with Crippen LogP contribution in [0, 0.1) is 4.77 Å². The number of benzene rings is 1. The van der Waals surface area contributed by atoms with Gasteiger partial charge in [0.05, 0.1) is 23.3 Å². The molecule has 0 saturated carbocycles. The predicted octanol–water partition coefficient (Wildman–Crippen LogP) is 3.75. The lowest BCUT2D eigenvalue weighted by Crippen LogP contribution is -1.96. The van der Waals surface area contributed by atoms with Gasteiger partial charge >= 0.3 is 0 Å². The SMILES string of the molecule is COc1cccc(-n2c(=S)[nH]c3cc(Cl)cnc32)c1. The summed E-state index contributed by atoms with van der Waals surface area (Å²) < 4.78 is 7.64. The molecule has 0 aliphatic heterocycles. The molecule has 1 aromatic carbocycles. The summed E-state index contributed by atoms with van der Waals surface area (Å²) >= 11 is 11.3. The first-order valence-electron chi connectivity index (χ1n) is 5.60. The number of nitrogens with zero attached hydrogens (tertiary/aromatic N) is 2. The molecule has 0 unspecified atom stereocenters. The lowest BCUT2D eigenvalue weighted by Gasteiger charge is -2.06. The first-order valence-corrected chi connectivity index (χ1v) is 6.38. The molecule has 4 nitrogen and oxygen atoms in total. The molecule has 2 heterocycles. The number of methoxy groups -OCH3 is 1. The number of hydrogen-bond donors (Lipinski definition) is 1. The second kappa shape index (κ2) is 4.68. The highest BCUT2D eigenvalue weighted by atomic mass is 35.5. The van der Waals surface area contributed by atoms with Gasteiger partial charge in [-0.2, -0.15) is 0 Å². The molecule has 0 saturated heterocycles. The molecule has 3 rings (SSSR count). The number of H-pyrrole nitrogens is 1. The van der Waals surface area contributed by atoms with E-state index >= 15 is 0 Å². The summed E-state index contributed by atoms with van der Waals surface area (Å²) in [4.78, 5) is 7.42. The standard InChI is InChI=1S/C13H10ClN3OS/c1-18-10-4-2-3-9(6-10)17-12-11(16-13(17)19)5-8(14)7-15-12/h2-7H,1H3,(H,16,19). The molecule has 0 spiro atoms. The molecule has 0 radical (unpaired) electrons. The largest absolute Gasteiger partial charge is 0.497 e. The highest BCUT2D eigenvalue weighted by Crippen LogP contribution is 2.22. The van der Waals surface area contributed by atoms with Crippen molar-refractivity contribution in [2.45, 2.75) is 0 Å². The van der Waals surface area contributed by atoms with E-state index in [1.165, 1.54) is 0 Å². The number of fused-ring (bicyclic) bond motifs is 1. The number of halogens is 1. The maximum atomic E-state index is 5.93. The van der Waals surface area contributed by atoms with E-state index in [0.29, 0.717) is 9.79 Å². The van der Waals surface area contributed by atoms with Crippen molar-refractivity contribution in [3.8, 4) is 11.4 Å². The number of rotatable bonds is 2. The van der Waals surface area contributed by atoms with Crippen LogP contribution in [0.15, 0.2) is 36.5 Å². The van der Waals surface area contributed by atoms with Crippen LogP contribution < -0.4 is 4.74 Å². The minimum atomic E-state index is 0.568. The van der Waals surface area contributed by atoms with Crippen molar-refractivity contribution in [1.82, 2.24) is 14.5 Å². The monoisotopic (exact) mass is 291 g/mol. The molecule has 0 aliphatic carbocycles. The van der Waals surface area contributed by atoms with E-state index in [2.05, 4.69) is 9.97 Å². The zero-order valence-corrected chi connectivity index (χ0v) is 11.6. The quantitative estimate of drug-likeness (QED) is 0.731. The number of aromatic nitrogens is 3. The Balaban J connectivity index is 2.29. The van der Waals surface area contributed by atoms with E-state index in [4.69, 9.17) is 28.6 Å². The molecular formula is C13H10ClN3OS. The van der Waals surface area contributed by atoms with Gasteiger partial charge in [-0.3, -0.25) is 4.57 Å². The van der Waals surface area contributed by atoms with Crippen molar-refractivity contribution in [3.63, 3.8) is 0 Å². The second-order valence-electron chi connectivity index (χ2n) is 3.99. The van der Waals surface area contributed by atoms with Crippen LogP contribution in [-0.2, 0) is 0 Å². The Morgan fingerprint density at radius 1 is 1.37 bits per heavy atom. The summed E-state index contributed by atoms with van der Waals surface area (Å²) in [6.07, 6.45) is 1.60. The molecule has 0 amide bonds. The number of aromatic amines is 1. The molecule has 19 heavy (non-hydrogen) atoms. The van der Waals surface area contributed by atoms with Crippen LogP contribution in [0.5, 0.6) is 5.75 Å². The lowest BCUT2D eigenvalue weighted by atomic mass is 10.3. The van der Waals surface area contributed by atoms with Gasteiger partial charge in [0.2, 0.25) is 0 Å². The maximum Gasteiger partial charge on any atom is 0.184 e. The van der Waals surface area contributed by atoms with Gasteiger partial charge in [0.15, 0.2) is 10.4 Å². The highest BCUT2D eigenvalue weighted by Gasteiger charge is 2.08. The summed E-state index contributed by atoms with van der Waals surface area (Å²) in [5, 5.41) is 0.571. The van der Waals surface area contributed by atoms with Gasteiger partial charge in [-0.15, -0.1) is 0 Å². The van der Waals surface area contributed by atoms with E-state index in [9.17, 15) is 0 Å². The second-order valence-corrected chi connectivity index (χ2v) is 4.81. The summed E-state index contributed by atoms with van der Waals surface area (Å²) in [6, 6.07) is 9.44. The molecule has 0 bridgehead atoms. The number of hydrogen-bond acceptors (Lipinski definition) is 3. The number of pyridine rings is 1. The topological polar surface area (TPSA) is 42.8 Å². The predicted molar refractivity (Wildman–Crippen MR) is 77.8 cm³/mol. The van der Waals surface area contributed by atoms with Crippen molar-refractivity contribution in [3.05, 3.63) is 46.3 Å². The van der Waals surface area contributed by atoms with Crippen molar-refractivity contribution in [1.29, 1.82) is 0 Å².